The zero-order valence-electron chi connectivity index (χ0n) is 38.4. The summed E-state index contributed by atoms with van der Waals surface area (Å²) >= 11 is 0. The Morgan fingerprint density at radius 2 is 0.967 bits per heavy atom. The van der Waals surface area contributed by atoms with E-state index in [1.807, 2.05) is 27.2 Å². The minimum Gasteiger partial charge on any atom is -0.477 e. The van der Waals surface area contributed by atoms with Crippen LogP contribution >= 0.6 is 0 Å². The molecule has 338 valence electrons. The van der Waals surface area contributed by atoms with E-state index in [-0.39, 0.29) is 43.1 Å². The minimum atomic E-state index is -0.895. The number of carboxylic acids is 1. The highest BCUT2D eigenvalue weighted by atomic mass is 16.6. The number of quaternary nitrogens is 1. The maximum Gasteiger partial charge on any atom is 0.362 e. The highest BCUT2D eigenvalue weighted by Crippen LogP contribution is 2.11. The summed E-state index contributed by atoms with van der Waals surface area (Å²) in [5, 5.41) is 9.62. The highest BCUT2D eigenvalue weighted by molar-refractivity contribution is 5.72. The Morgan fingerprint density at radius 1 is 0.517 bits per heavy atom. The van der Waals surface area contributed by atoms with Gasteiger partial charge in [-0.2, -0.15) is 0 Å². The van der Waals surface area contributed by atoms with Gasteiger partial charge in [0.1, 0.15) is 6.61 Å². The first-order valence-electron chi connectivity index (χ1n) is 22.9. The molecule has 0 aromatic heterocycles. The van der Waals surface area contributed by atoms with E-state index in [1.165, 1.54) is 38.5 Å². The van der Waals surface area contributed by atoms with Crippen molar-refractivity contribution in [2.45, 2.75) is 161 Å². The molecular formula is C52H84NO7+. The lowest BCUT2D eigenvalue weighted by Crippen LogP contribution is -2.50. The molecule has 0 amide bonds. The molecule has 0 rings (SSSR count). The number of allylic oxidation sites excluding steroid dienone is 18. The lowest BCUT2D eigenvalue weighted by molar-refractivity contribution is -0.887. The van der Waals surface area contributed by atoms with Crippen molar-refractivity contribution < 1.29 is 38.2 Å². The van der Waals surface area contributed by atoms with Gasteiger partial charge in [0.2, 0.25) is 0 Å². The fourth-order valence-corrected chi connectivity index (χ4v) is 5.90. The van der Waals surface area contributed by atoms with Gasteiger partial charge in [0.15, 0.2) is 12.1 Å². The van der Waals surface area contributed by atoms with Crippen LogP contribution < -0.4 is 0 Å². The zero-order chi connectivity index (χ0) is 44.2. The second-order valence-electron chi connectivity index (χ2n) is 15.9. The Labute approximate surface area is 366 Å². The van der Waals surface area contributed by atoms with Crippen molar-refractivity contribution in [2.24, 2.45) is 0 Å². The van der Waals surface area contributed by atoms with Crippen LogP contribution in [0.5, 0.6) is 0 Å². The summed E-state index contributed by atoms with van der Waals surface area (Å²) in [6, 6.07) is -0.638. The third kappa shape index (κ3) is 39.5. The lowest BCUT2D eigenvalue weighted by Gasteiger charge is -2.31. The Hall–Kier alpha value is -4.01. The molecule has 8 nitrogen and oxygen atoms in total. The van der Waals surface area contributed by atoms with Crippen LogP contribution in [0, 0.1) is 0 Å². The topological polar surface area (TPSA) is 99.1 Å². The van der Waals surface area contributed by atoms with E-state index in [2.05, 4.69) is 117 Å². The quantitative estimate of drug-likeness (QED) is 0.0285. The van der Waals surface area contributed by atoms with E-state index in [0.717, 1.165) is 64.2 Å². The van der Waals surface area contributed by atoms with Crippen LogP contribution in [0.25, 0.3) is 0 Å². The first kappa shape index (κ1) is 56.0. The van der Waals surface area contributed by atoms with E-state index in [1.54, 1.807) is 0 Å². The SMILES string of the molecule is CC/C=C/C/C=C/C/C=C/C/C=C/C/C=C/C/C=C/C/C=C/CCCC(=O)OCC(COCCC(C(=O)O)[N+](C)(C)C)OC(=O)CC/C=C/C/C=C/CCCCCCCC. The molecule has 0 aliphatic heterocycles. The van der Waals surface area contributed by atoms with Crippen molar-refractivity contribution in [1.82, 2.24) is 0 Å². The molecule has 0 aromatic carbocycles. The summed E-state index contributed by atoms with van der Waals surface area (Å²) in [6.07, 6.45) is 57.3. The monoisotopic (exact) mass is 835 g/mol. The van der Waals surface area contributed by atoms with E-state index in [9.17, 15) is 19.5 Å². The maximum atomic E-state index is 12.7. The number of nitrogens with zero attached hydrogens (tertiary/aromatic N) is 1. The number of aliphatic carboxylic acids is 1. The van der Waals surface area contributed by atoms with Crippen LogP contribution in [-0.2, 0) is 28.6 Å². The van der Waals surface area contributed by atoms with Crippen molar-refractivity contribution in [3.63, 3.8) is 0 Å². The van der Waals surface area contributed by atoms with Gasteiger partial charge in [-0.15, -0.1) is 0 Å². The number of carbonyl (C=O) groups excluding carboxylic acids is 2. The molecule has 1 N–H and O–H groups in total. The molecule has 0 saturated carbocycles. The van der Waals surface area contributed by atoms with Crippen LogP contribution in [0.4, 0.5) is 0 Å². The third-order valence-corrected chi connectivity index (χ3v) is 9.42. The Morgan fingerprint density at radius 3 is 1.45 bits per heavy atom. The standard InChI is InChI=1S/C52H83NO7/c1-6-8-10-12-14-16-18-20-21-22-23-24-25-26-27-28-29-31-32-34-36-38-40-42-50(54)59-47-48(46-58-45-44-49(52(56)57)53(3,4)5)60-51(55)43-41-39-37-35-33-30-19-17-15-13-11-9-7-2/h8,10,14,16,20-21,23-24,26-27,29-31,33-34,36-37,39,48-49H,6-7,9,11-13,15,17-19,22,25,28,32,35,38,40-47H2,1-5H3/p+1/b10-8+,16-14+,21-20+,24-23+,27-26+,31-29+,33-30+,36-34+,39-37+. The number of carbonyl (C=O) groups is 3. The maximum absolute atomic E-state index is 12.7. The predicted octanol–water partition coefficient (Wildman–Crippen LogP) is 12.9. The molecule has 2 unspecified atom stereocenters. The summed E-state index contributed by atoms with van der Waals surface area (Å²) in [4.78, 5) is 36.9. The second kappa shape index (κ2) is 41.7. The van der Waals surface area contributed by atoms with Crippen molar-refractivity contribution in [3.05, 3.63) is 109 Å². The van der Waals surface area contributed by atoms with Crippen molar-refractivity contribution in [3.8, 4) is 0 Å². The van der Waals surface area contributed by atoms with Crippen LogP contribution in [0.3, 0.4) is 0 Å². The Bertz CT molecular complexity index is 1340. The highest BCUT2D eigenvalue weighted by Gasteiger charge is 2.31. The van der Waals surface area contributed by atoms with Gasteiger partial charge in [-0.3, -0.25) is 9.59 Å². The summed E-state index contributed by atoms with van der Waals surface area (Å²) in [6.45, 7) is 4.46. The smallest absolute Gasteiger partial charge is 0.362 e. The van der Waals surface area contributed by atoms with Crippen LogP contribution in [0.2, 0.25) is 0 Å². The molecule has 0 aliphatic rings. The van der Waals surface area contributed by atoms with Gasteiger partial charge < -0.3 is 23.8 Å². The average molecular weight is 835 g/mol. The summed E-state index contributed by atoms with van der Waals surface area (Å²) in [5.41, 5.74) is 0. The van der Waals surface area contributed by atoms with Gasteiger partial charge in [-0.1, -0.05) is 155 Å². The largest absolute Gasteiger partial charge is 0.477 e. The van der Waals surface area contributed by atoms with E-state index in [4.69, 9.17) is 14.2 Å². The molecule has 0 aliphatic carbocycles. The summed E-state index contributed by atoms with van der Waals surface area (Å²) in [7, 11) is 5.48. The second-order valence-corrected chi connectivity index (χ2v) is 15.9. The molecular weight excluding hydrogens is 751 g/mol. The van der Waals surface area contributed by atoms with Crippen LogP contribution in [0.1, 0.15) is 149 Å². The van der Waals surface area contributed by atoms with Crippen molar-refractivity contribution in [1.29, 1.82) is 0 Å². The normalized spacial score (nSPS) is 13.9. The van der Waals surface area contributed by atoms with Gasteiger partial charge in [0.05, 0.1) is 34.4 Å². The number of esters is 2. The fraction of sp³-hybridized carbons (Fsp3) is 0.596. The predicted molar refractivity (Wildman–Crippen MR) is 252 cm³/mol. The number of hydrogen-bond acceptors (Lipinski definition) is 6. The Kier molecular flexibility index (Phi) is 38.9. The number of rotatable bonds is 39. The Balaban J connectivity index is 4.48. The number of unbranched alkanes of at least 4 members (excludes halogenated alkanes) is 7. The first-order valence-corrected chi connectivity index (χ1v) is 22.9. The van der Waals surface area contributed by atoms with Gasteiger partial charge >= 0.3 is 17.9 Å². The molecule has 0 fully saturated rings. The van der Waals surface area contributed by atoms with Crippen LogP contribution in [-0.4, -0.2) is 80.6 Å². The number of likely N-dealkylation sites (N-methyl/N-ethyl adjacent to an activating group) is 1. The minimum absolute atomic E-state index is 0.0130. The number of hydrogen-bond donors (Lipinski definition) is 1. The van der Waals surface area contributed by atoms with Crippen molar-refractivity contribution in [2.75, 3.05) is 41.0 Å². The van der Waals surface area contributed by atoms with Gasteiger partial charge in [-0.25, -0.2) is 4.79 Å². The number of carboxylic acid groups (broad SMARTS) is 1. The average Bonchev–Trinajstić information content (AvgIpc) is 3.21. The third-order valence-electron chi connectivity index (χ3n) is 9.42. The van der Waals surface area contributed by atoms with E-state index < -0.39 is 24.1 Å². The van der Waals surface area contributed by atoms with Gasteiger partial charge in [0, 0.05) is 19.3 Å². The molecule has 60 heavy (non-hydrogen) atoms. The van der Waals surface area contributed by atoms with Crippen LogP contribution in [0.15, 0.2) is 109 Å². The summed E-state index contributed by atoms with van der Waals surface area (Å²) in [5.74, 6) is -1.65. The molecule has 0 saturated heterocycles. The van der Waals surface area contributed by atoms with Crippen molar-refractivity contribution >= 4 is 17.9 Å². The number of ether oxygens (including phenoxy) is 3. The van der Waals surface area contributed by atoms with Gasteiger partial charge in [0.25, 0.3) is 0 Å². The molecule has 0 radical (unpaired) electrons. The fourth-order valence-electron chi connectivity index (χ4n) is 5.90. The molecule has 0 spiro atoms. The zero-order valence-corrected chi connectivity index (χ0v) is 38.4. The van der Waals surface area contributed by atoms with E-state index >= 15 is 0 Å². The van der Waals surface area contributed by atoms with E-state index in [0.29, 0.717) is 19.3 Å². The lowest BCUT2D eigenvalue weighted by atomic mass is 10.1. The molecule has 0 aromatic rings. The first-order chi connectivity index (χ1) is 29.1. The molecule has 0 bridgehead atoms. The molecule has 2 atom stereocenters. The molecule has 8 heteroatoms. The molecule has 0 heterocycles. The van der Waals surface area contributed by atoms with Gasteiger partial charge in [-0.05, 0) is 83.5 Å². The summed E-state index contributed by atoms with van der Waals surface area (Å²) < 4.78 is 17.1.